The summed E-state index contributed by atoms with van der Waals surface area (Å²) in [6, 6.07) is 15.4. The molecule has 1 unspecified atom stereocenters. The van der Waals surface area contributed by atoms with Gasteiger partial charge in [0.15, 0.2) is 5.82 Å². The topological polar surface area (TPSA) is 88.8 Å². The van der Waals surface area contributed by atoms with Gasteiger partial charge in [-0.05, 0) is 48.0 Å². The smallest absolute Gasteiger partial charge is 0.337 e. The highest BCUT2D eigenvalue weighted by molar-refractivity contribution is 6.31. The Balaban J connectivity index is 1.62. The van der Waals surface area contributed by atoms with Crippen LogP contribution in [0.3, 0.4) is 0 Å². The van der Waals surface area contributed by atoms with Crippen LogP contribution in [0.25, 0.3) is 0 Å². The monoisotopic (exact) mass is 484 g/mol. The number of pyridine rings is 1. The van der Waals surface area contributed by atoms with Crippen molar-refractivity contribution in [3.8, 4) is 0 Å². The molecule has 4 rings (SSSR count). The van der Waals surface area contributed by atoms with Crippen LogP contribution in [0.4, 0.5) is 11.5 Å². The molecule has 1 atom stereocenters. The largest absolute Gasteiger partial charge is 0.465 e. The Bertz CT molecular complexity index is 1170. The Morgan fingerprint density at radius 2 is 1.67 bits per heavy atom. The van der Waals surface area contributed by atoms with Gasteiger partial charge in [0.2, 0.25) is 0 Å². The average Bonchev–Trinajstić information content (AvgIpc) is 2.83. The van der Waals surface area contributed by atoms with Crippen LogP contribution in [0, 0.1) is 0 Å². The SMILES string of the molecule is COC(=O)c1ccc(C(=O)N2CCN(c3ncc(Cl)cc3N)C(c3ccc(Cl)cc3)C2)cc1. The molecule has 0 spiro atoms. The fourth-order valence-corrected chi connectivity index (χ4v) is 4.22. The zero-order chi connectivity index (χ0) is 23.5. The predicted molar refractivity (Wildman–Crippen MR) is 129 cm³/mol. The van der Waals surface area contributed by atoms with Crippen molar-refractivity contribution < 1.29 is 14.3 Å². The molecule has 0 aliphatic carbocycles. The van der Waals surface area contributed by atoms with Crippen LogP contribution in [-0.4, -0.2) is 48.5 Å². The highest BCUT2D eigenvalue weighted by atomic mass is 35.5. The summed E-state index contributed by atoms with van der Waals surface area (Å²) in [7, 11) is 1.32. The number of aromatic nitrogens is 1. The summed E-state index contributed by atoms with van der Waals surface area (Å²) >= 11 is 12.1. The van der Waals surface area contributed by atoms with Gasteiger partial charge in [-0.15, -0.1) is 0 Å². The molecule has 1 aliphatic rings. The number of methoxy groups -OCH3 is 1. The molecule has 0 saturated carbocycles. The van der Waals surface area contributed by atoms with Gasteiger partial charge in [-0.2, -0.15) is 0 Å². The van der Waals surface area contributed by atoms with Crippen molar-refractivity contribution in [1.82, 2.24) is 9.88 Å². The molecule has 1 amide bonds. The molecule has 1 saturated heterocycles. The lowest BCUT2D eigenvalue weighted by Crippen LogP contribution is -2.51. The van der Waals surface area contributed by atoms with Crippen molar-refractivity contribution in [2.75, 3.05) is 37.4 Å². The number of esters is 1. The van der Waals surface area contributed by atoms with Gasteiger partial charge < -0.3 is 20.3 Å². The molecule has 2 aromatic carbocycles. The zero-order valence-corrected chi connectivity index (χ0v) is 19.4. The molecule has 2 N–H and O–H groups in total. The molecule has 7 nitrogen and oxygen atoms in total. The number of carbonyl (C=O) groups excluding carboxylic acids is 2. The Morgan fingerprint density at radius 1 is 1.00 bits per heavy atom. The lowest BCUT2D eigenvalue weighted by Gasteiger charge is -2.42. The average molecular weight is 485 g/mol. The molecule has 1 fully saturated rings. The first-order valence-electron chi connectivity index (χ1n) is 10.3. The molecule has 170 valence electrons. The summed E-state index contributed by atoms with van der Waals surface area (Å²) in [5, 5.41) is 1.09. The van der Waals surface area contributed by atoms with Gasteiger partial charge in [0.05, 0.1) is 29.4 Å². The van der Waals surface area contributed by atoms with Crippen molar-refractivity contribution in [3.05, 3.63) is 87.5 Å². The standard InChI is InChI=1S/C24H22Cl2N4O3/c1-33-24(32)17-4-2-16(3-5-17)23(31)29-10-11-30(22-20(27)12-19(26)13-28-22)21(14-29)15-6-8-18(25)9-7-15/h2-9,12-13,21H,10-11,14,27H2,1H3. The predicted octanol–water partition coefficient (Wildman–Crippen LogP) is 4.46. The van der Waals surface area contributed by atoms with E-state index in [1.807, 2.05) is 24.3 Å². The van der Waals surface area contributed by atoms with Gasteiger partial charge in [-0.3, -0.25) is 4.79 Å². The van der Waals surface area contributed by atoms with E-state index in [2.05, 4.69) is 9.88 Å². The van der Waals surface area contributed by atoms with Crippen molar-refractivity contribution in [1.29, 1.82) is 0 Å². The van der Waals surface area contributed by atoms with Crippen LogP contribution in [0.1, 0.15) is 32.3 Å². The van der Waals surface area contributed by atoms with Crippen LogP contribution >= 0.6 is 23.2 Å². The number of hydrogen-bond donors (Lipinski definition) is 1. The van der Waals surface area contributed by atoms with Gasteiger partial charge in [-0.25, -0.2) is 9.78 Å². The molecule has 3 aromatic rings. The van der Waals surface area contributed by atoms with E-state index in [0.29, 0.717) is 52.3 Å². The summed E-state index contributed by atoms with van der Waals surface area (Å²) in [6.45, 7) is 1.42. The summed E-state index contributed by atoms with van der Waals surface area (Å²) in [6.07, 6.45) is 1.56. The molecule has 2 heterocycles. The Kier molecular flexibility index (Phi) is 6.72. The number of anilines is 2. The number of nitrogens with two attached hydrogens (primary N) is 1. The van der Waals surface area contributed by atoms with Crippen LogP contribution in [-0.2, 0) is 4.74 Å². The van der Waals surface area contributed by atoms with Crippen molar-refractivity contribution in [3.63, 3.8) is 0 Å². The number of ether oxygens (including phenoxy) is 1. The first-order valence-corrected chi connectivity index (χ1v) is 11.0. The van der Waals surface area contributed by atoms with Gasteiger partial charge in [-0.1, -0.05) is 35.3 Å². The first-order chi connectivity index (χ1) is 15.9. The van der Waals surface area contributed by atoms with Gasteiger partial charge in [0.25, 0.3) is 5.91 Å². The van der Waals surface area contributed by atoms with E-state index in [4.69, 9.17) is 33.7 Å². The lowest BCUT2D eigenvalue weighted by atomic mass is 10.0. The summed E-state index contributed by atoms with van der Waals surface area (Å²) < 4.78 is 4.72. The minimum absolute atomic E-state index is 0.123. The number of benzene rings is 2. The third-order valence-corrected chi connectivity index (χ3v) is 6.07. The highest BCUT2D eigenvalue weighted by Crippen LogP contribution is 2.34. The van der Waals surface area contributed by atoms with E-state index in [-0.39, 0.29) is 11.9 Å². The zero-order valence-electron chi connectivity index (χ0n) is 17.9. The minimum atomic E-state index is -0.446. The van der Waals surface area contributed by atoms with E-state index in [1.54, 1.807) is 41.4 Å². The van der Waals surface area contributed by atoms with Crippen molar-refractivity contribution in [2.24, 2.45) is 0 Å². The molecule has 1 aliphatic heterocycles. The third-order valence-electron chi connectivity index (χ3n) is 5.61. The van der Waals surface area contributed by atoms with E-state index in [1.165, 1.54) is 7.11 Å². The summed E-state index contributed by atoms with van der Waals surface area (Å²) in [5.74, 6) is 0.0504. The minimum Gasteiger partial charge on any atom is -0.465 e. The fraction of sp³-hybridized carbons (Fsp3) is 0.208. The second-order valence-corrected chi connectivity index (χ2v) is 8.52. The molecule has 33 heavy (non-hydrogen) atoms. The van der Waals surface area contributed by atoms with Gasteiger partial charge in [0.1, 0.15) is 0 Å². The van der Waals surface area contributed by atoms with Crippen LogP contribution < -0.4 is 10.6 Å². The lowest BCUT2D eigenvalue weighted by molar-refractivity contribution is 0.0599. The van der Waals surface area contributed by atoms with E-state index < -0.39 is 5.97 Å². The van der Waals surface area contributed by atoms with Crippen molar-refractivity contribution >= 4 is 46.6 Å². The van der Waals surface area contributed by atoms with Crippen LogP contribution in [0.2, 0.25) is 10.0 Å². The van der Waals surface area contributed by atoms with Gasteiger partial charge in [0, 0.05) is 36.4 Å². The molecule has 0 bridgehead atoms. The fourth-order valence-electron chi connectivity index (χ4n) is 3.93. The number of nitrogens with zero attached hydrogens (tertiary/aromatic N) is 3. The quantitative estimate of drug-likeness (QED) is 0.549. The number of amides is 1. The number of carbonyl (C=O) groups is 2. The molecular formula is C24H22Cl2N4O3. The van der Waals surface area contributed by atoms with Crippen LogP contribution in [0.5, 0.6) is 0 Å². The van der Waals surface area contributed by atoms with Gasteiger partial charge >= 0.3 is 5.97 Å². The van der Waals surface area contributed by atoms with E-state index in [0.717, 1.165) is 5.56 Å². The van der Waals surface area contributed by atoms with Crippen LogP contribution in [0.15, 0.2) is 60.8 Å². The molecule has 0 radical (unpaired) electrons. The van der Waals surface area contributed by atoms with E-state index >= 15 is 0 Å². The van der Waals surface area contributed by atoms with Crippen molar-refractivity contribution in [2.45, 2.75) is 6.04 Å². The summed E-state index contributed by atoms with van der Waals surface area (Å²) in [5.41, 5.74) is 8.56. The number of nitrogen functional groups attached to an aromatic ring is 1. The second-order valence-electron chi connectivity index (χ2n) is 7.65. The highest BCUT2D eigenvalue weighted by Gasteiger charge is 2.33. The Morgan fingerprint density at radius 3 is 2.30 bits per heavy atom. The summed E-state index contributed by atoms with van der Waals surface area (Å²) in [4.78, 5) is 33.3. The Labute approximate surface area is 201 Å². The maximum absolute atomic E-state index is 13.2. The first kappa shape index (κ1) is 22.9. The maximum Gasteiger partial charge on any atom is 0.337 e. The third kappa shape index (κ3) is 4.89. The molecule has 9 heteroatoms. The molecular weight excluding hydrogens is 463 g/mol. The Hall–Kier alpha value is -3.29. The van der Waals surface area contributed by atoms with E-state index in [9.17, 15) is 9.59 Å². The number of hydrogen-bond acceptors (Lipinski definition) is 6. The molecule has 1 aromatic heterocycles. The number of piperazine rings is 1. The second kappa shape index (κ2) is 9.68. The normalized spacial score (nSPS) is 15.9. The maximum atomic E-state index is 13.2. The number of rotatable bonds is 4. The number of halogens is 2.